The van der Waals surface area contributed by atoms with Gasteiger partial charge in [0, 0.05) is 25.3 Å². The number of likely N-dealkylation sites (tertiary alicyclic amines) is 1. The van der Waals surface area contributed by atoms with Crippen molar-refractivity contribution in [2.24, 2.45) is 5.92 Å². The summed E-state index contributed by atoms with van der Waals surface area (Å²) in [7, 11) is 0. The van der Waals surface area contributed by atoms with E-state index in [0.29, 0.717) is 11.2 Å². The van der Waals surface area contributed by atoms with E-state index in [9.17, 15) is 9.59 Å². The topological polar surface area (TPSA) is 46.6 Å². The number of carbonyl (C=O) groups is 2. The fourth-order valence-corrected chi connectivity index (χ4v) is 3.22. The van der Waals surface area contributed by atoms with Gasteiger partial charge < -0.3 is 9.64 Å². The quantitative estimate of drug-likeness (QED) is 0.782. The van der Waals surface area contributed by atoms with Crippen LogP contribution >= 0.6 is 11.8 Å². The van der Waals surface area contributed by atoms with Crippen molar-refractivity contribution in [3.63, 3.8) is 0 Å². The third kappa shape index (κ3) is 5.85. The second kappa shape index (κ2) is 6.64. The summed E-state index contributed by atoms with van der Waals surface area (Å²) >= 11 is 1.41. The summed E-state index contributed by atoms with van der Waals surface area (Å²) in [6, 6.07) is 0. The molecule has 0 N–H and O–H groups in total. The Bertz CT molecular complexity index is 330. The maximum atomic E-state index is 11.9. The fourth-order valence-electron chi connectivity index (χ4n) is 2.24. The molecule has 1 aliphatic rings. The minimum atomic E-state index is -0.439. The van der Waals surface area contributed by atoms with Gasteiger partial charge in [-0.05, 0) is 39.5 Å². The standard InChI is InChI=1S/C14H25NO3S/c1-10(19-11(2)16)12-6-8-15(9-7-12)13(17)18-14(3,4)5/h10,12H,6-9H2,1-5H3. The van der Waals surface area contributed by atoms with Crippen LogP contribution in [-0.2, 0) is 9.53 Å². The normalized spacial score (nSPS) is 19.1. The third-order valence-electron chi connectivity index (χ3n) is 3.21. The van der Waals surface area contributed by atoms with E-state index in [0.717, 1.165) is 25.9 Å². The van der Waals surface area contributed by atoms with Crippen LogP contribution in [0.25, 0.3) is 0 Å². The summed E-state index contributed by atoms with van der Waals surface area (Å²) in [6.45, 7) is 10.8. The zero-order chi connectivity index (χ0) is 14.6. The lowest BCUT2D eigenvalue weighted by atomic mass is 9.94. The van der Waals surface area contributed by atoms with Gasteiger partial charge in [0.2, 0.25) is 0 Å². The highest BCUT2D eigenvalue weighted by Gasteiger charge is 2.29. The van der Waals surface area contributed by atoms with E-state index in [2.05, 4.69) is 6.92 Å². The molecule has 110 valence electrons. The molecule has 0 aromatic carbocycles. The summed E-state index contributed by atoms with van der Waals surface area (Å²) in [4.78, 5) is 24.8. The lowest BCUT2D eigenvalue weighted by Gasteiger charge is -2.35. The molecule has 0 radical (unpaired) electrons. The maximum Gasteiger partial charge on any atom is 0.410 e. The molecule has 0 aromatic heterocycles. The second-order valence-electron chi connectivity index (χ2n) is 6.12. The molecule has 19 heavy (non-hydrogen) atoms. The van der Waals surface area contributed by atoms with Gasteiger partial charge >= 0.3 is 6.09 Å². The van der Waals surface area contributed by atoms with Gasteiger partial charge in [-0.1, -0.05) is 18.7 Å². The minimum absolute atomic E-state index is 0.169. The van der Waals surface area contributed by atoms with E-state index in [-0.39, 0.29) is 11.2 Å². The number of ether oxygens (including phenoxy) is 1. The summed E-state index contributed by atoms with van der Waals surface area (Å²) in [5.74, 6) is 0.507. The molecule has 5 heteroatoms. The van der Waals surface area contributed by atoms with Crippen LogP contribution in [0, 0.1) is 5.92 Å². The monoisotopic (exact) mass is 287 g/mol. The van der Waals surface area contributed by atoms with Crippen molar-refractivity contribution < 1.29 is 14.3 Å². The molecule has 1 unspecified atom stereocenters. The number of carbonyl (C=O) groups excluding carboxylic acids is 2. The number of piperidine rings is 1. The average molecular weight is 287 g/mol. The van der Waals surface area contributed by atoms with Gasteiger partial charge in [-0.15, -0.1) is 0 Å². The fraction of sp³-hybridized carbons (Fsp3) is 0.857. The Morgan fingerprint density at radius 3 is 2.21 bits per heavy atom. The van der Waals surface area contributed by atoms with Crippen LogP contribution in [0.5, 0.6) is 0 Å². The van der Waals surface area contributed by atoms with E-state index in [1.807, 2.05) is 20.8 Å². The largest absolute Gasteiger partial charge is 0.444 e. The Labute approximate surface area is 120 Å². The van der Waals surface area contributed by atoms with Gasteiger partial charge in [-0.3, -0.25) is 4.79 Å². The molecular weight excluding hydrogens is 262 g/mol. The number of nitrogens with zero attached hydrogens (tertiary/aromatic N) is 1. The highest BCUT2D eigenvalue weighted by molar-refractivity contribution is 8.14. The molecule has 1 rings (SSSR count). The Morgan fingerprint density at radius 1 is 1.26 bits per heavy atom. The number of hydrogen-bond donors (Lipinski definition) is 0. The molecule has 1 fully saturated rings. The summed E-state index contributed by atoms with van der Waals surface area (Å²) < 4.78 is 5.37. The Morgan fingerprint density at radius 2 is 1.79 bits per heavy atom. The van der Waals surface area contributed by atoms with Crippen molar-refractivity contribution in [1.82, 2.24) is 4.90 Å². The lowest BCUT2D eigenvalue weighted by molar-refractivity contribution is -0.109. The first-order valence-corrected chi connectivity index (χ1v) is 7.72. The number of hydrogen-bond acceptors (Lipinski definition) is 4. The molecule has 4 nitrogen and oxygen atoms in total. The maximum absolute atomic E-state index is 11.9. The van der Waals surface area contributed by atoms with E-state index >= 15 is 0 Å². The Balaban J connectivity index is 2.40. The SMILES string of the molecule is CC(=O)SC(C)C1CCN(C(=O)OC(C)(C)C)CC1. The number of thioether (sulfide) groups is 1. The lowest BCUT2D eigenvalue weighted by Crippen LogP contribution is -2.43. The molecule has 1 atom stereocenters. The van der Waals surface area contributed by atoms with Crippen LogP contribution in [0.1, 0.15) is 47.5 Å². The van der Waals surface area contributed by atoms with Crippen LogP contribution in [0.4, 0.5) is 4.79 Å². The molecule has 1 heterocycles. The van der Waals surface area contributed by atoms with Crippen LogP contribution in [0.3, 0.4) is 0 Å². The van der Waals surface area contributed by atoms with E-state index in [1.165, 1.54) is 11.8 Å². The summed E-state index contributed by atoms with van der Waals surface area (Å²) in [5.41, 5.74) is -0.439. The van der Waals surface area contributed by atoms with Crippen molar-refractivity contribution in [3.05, 3.63) is 0 Å². The predicted octanol–water partition coefficient (Wildman–Crippen LogP) is 3.30. The van der Waals surface area contributed by atoms with Gasteiger partial charge in [-0.2, -0.15) is 0 Å². The molecule has 0 saturated carbocycles. The molecule has 0 spiro atoms. The van der Waals surface area contributed by atoms with Crippen LogP contribution < -0.4 is 0 Å². The van der Waals surface area contributed by atoms with Crippen molar-refractivity contribution in [2.45, 2.75) is 58.3 Å². The van der Waals surface area contributed by atoms with Crippen LogP contribution in [0.2, 0.25) is 0 Å². The first kappa shape index (κ1) is 16.3. The number of amides is 1. The van der Waals surface area contributed by atoms with Crippen molar-refractivity contribution in [1.29, 1.82) is 0 Å². The van der Waals surface area contributed by atoms with Crippen LogP contribution in [-0.4, -0.2) is 40.0 Å². The Kier molecular flexibility index (Phi) is 5.71. The van der Waals surface area contributed by atoms with E-state index < -0.39 is 5.60 Å². The molecular formula is C14H25NO3S. The van der Waals surface area contributed by atoms with Crippen molar-refractivity contribution in [2.75, 3.05) is 13.1 Å². The zero-order valence-electron chi connectivity index (χ0n) is 12.6. The number of rotatable bonds is 2. The molecule has 1 saturated heterocycles. The Hall–Kier alpha value is -0.710. The first-order valence-electron chi connectivity index (χ1n) is 6.84. The molecule has 0 aromatic rings. The van der Waals surface area contributed by atoms with E-state index in [1.54, 1.807) is 11.8 Å². The zero-order valence-corrected chi connectivity index (χ0v) is 13.4. The smallest absolute Gasteiger partial charge is 0.410 e. The highest BCUT2D eigenvalue weighted by atomic mass is 32.2. The van der Waals surface area contributed by atoms with Gasteiger partial charge in [0.15, 0.2) is 5.12 Å². The van der Waals surface area contributed by atoms with Crippen molar-refractivity contribution >= 4 is 23.0 Å². The van der Waals surface area contributed by atoms with Gasteiger partial charge in [-0.25, -0.2) is 4.79 Å². The average Bonchev–Trinajstić information content (AvgIpc) is 2.26. The minimum Gasteiger partial charge on any atom is -0.444 e. The summed E-state index contributed by atoms with van der Waals surface area (Å²) in [6.07, 6.45) is 1.67. The van der Waals surface area contributed by atoms with Gasteiger partial charge in [0.1, 0.15) is 5.60 Å². The second-order valence-corrected chi connectivity index (χ2v) is 7.67. The predicted molar refractivity (Wildman–Crippen MR) is 78.3 cm³/mol. The third-order valence-corrected chi connectivity index (χ3v) is 4.30. The summed E-state index contributed by atoms with van der Waals surface area (Å²) in [5, 5.41) is 0.500. The van der Waals surface area contributed by atoms with Gasteiger partial charge in [0.25, 0.3) is 0 Å². The molecule has 1 aliphatic heterocycles. The first-order chi connectivity index (χ1) is 8.69. The highest BCUT2D eigenvalue weighted by Crippen LogP contribution is 2.29. The van der Waals surface area contributed by atoms with Crippen molar-refractivity contribution in [3.8, 4) is 0 Å². The van der Waals surface area contributed by atoms with E-state index in [4.69, 9.17) is 4.74 Å². The molecule has 1 amide bonds. The van der Waals surface area contributed by atoms with Gasteiger partial charge in [0.05, 0.1) is 0 Å². The molecule has 0 bridgehead atoms. The van der Waals surface area contributed by atoms with Crippen LogP contribution in [0.15, 0.2) is 0 Å². The molecule has 0 aliphatic carbocycles.